The Morgan fingerprint density at radius 1 is 0.184 bits per heavy atom. The van der Waals surface area contributed by atoms with Crippen LogP contribution in [0.5, 0.6) is 0 Å². The van der Waals surface area contributed by atoms with Crippen LogP contribution in [0, 0.1) is 0 Å². The Hall–Kier alpha value is -9.33. The summed E-state index contributed by atoms with van der Waals surface area (Å²) in [6.45, 7) is 0. The van der Waals surface area contributed by atoms with Crippen LogP contribution in [-0.2, 0) is 0 Å². The summed E-state index contributed by atoms with van der Waals surface area (Å²) in [5, 5.41) is 11.0. The average Bonchev–Trinajstić information content (AvgIpc) is 3.52. The van der Waals surface area contributed by atoms with Gasteiger partial charge in [0.05, 0.1) is 0 Å². The first kappa shape index (κ1) is 45.3. The van der Waals surface area contributed by atoms with E-state index in [4.69, 9.17) is 0 Å². The van der Waals surface area contributed by atoms with E-state index in [0.29, 0.717) is 0 Å². The maximum atomic E-state index is 2.55. The normalized spacial score (nSPS) is 13.7. The van der Waals surface area contributed by atoms with Crippen molar-refractivity contribution in [2.24, 2.45) is 0 Å². The van der Waals surface area contributed by atoms with Gasteiger partial charge in [0.2, 0.25) is 0 Å². The first-order valence-electron chi connectivity index (χ1n) is 26.3. The van der Waals surface area contributed by atoms with E-state index in [-0.39, 0.29) is 0 Å². The van der Waals surface area contributed by atoms with Gasteiger partial charge in [0, 0.05) is 34.1 Å². The van der Waals surface area contributed by atoms with Crippen LogP contribution >= 0.6 is 0 Å². The molecule has 0 N–H and O–H groups in total. The van der Waals surface area contributed by atoms with E-state index in [1.165, 1.54) is 75.4 Å². The van der Waals surface area contributed by atoms with Crippen molar-refractivity contribution in [1.29, 1.82) is 0 Å². The van der Waals surface area contributed by atoms with Crippen molar-refractivity contribution in [3.63, 3.8) is 0 Å². The quantitative estimate of drug-likeness (QED) is 0.133. The molecular formula is C72H52N2Si2. The van der Waals surface area contributed by atoms with Gasteiger partial charge in [-0.1, -0.05) is 255 Å². The molecule has 0 aromatic heterocycles. The lowest BCUT2D eigenvalue weighted by Crippen LogP contribution is -2.77. The number of para-hydroxylation sites is 4. The van der Waals surface area contributed by atoms with E-state index in [2.05, 4.69) is 325 Å². The fraction of sp³-hybridized carbons (Fsp3) is 0. The molecule has 12 aromatic rings. The molecule has 0 atom stereocenters. The van der Waals surface area contributed by atoms with Gasteiger partial charge in [-0.15, -0.1) is 0 Å². The third-order valence-corrected chi connectivity index (χ3v) is 25.6. The molecule has 358 valence electrons. The molecule has 2 aliphatic heterocycles. The molecular weight excluding hydrogens is 949 g/mol. The number of rotatable bonds is 9. The zero-order valence-electron chi connectivity index (χ0n) is 41.9. The van der Waals surface area contributed by atoms with E-state index >= 15 is 0 Å². The molecule has 2 heterocycles. The van der Waals surface area contributed by atoms with Gasteiger partial charge in [0.15, 0.2) is 16.1 Å². The SMILES string of the molecule is c1ccc(-c2cc(-c3cc(-c4ccccc4)cc(N4c5ccccc5[Si](c5ccccc5)(c5ccccc5)c5ccccc54)c3)cc(N3c4ccccc4[Si](c4ccccc4)(c4ccccc4)c4ccccc43)c2)cc1. The van der Waals surface area contributed by atoms with Gasteiger partial charge in [0.25, 0.3) is 0 Å². The third kappa shape index (κ3) is 7.21. The van der Waals surface area contributed by atoms with Gasteiger partial charge < -0.3 is 9.80 Å². The van der Waals surface area contributed by atoms with Crippen molar-refractivity contribution in [3.05, 3.63) is 315 Å². The van der Waals surface area contributed by atoms with Gasteiger partial charge >= 0.3 is 0 Å². The smallest absolute Gasteiger partial charge is 0.184 e. The summed E-state index contributed by atoms with van der Waals surface area (Å²) < 4.78 is 0. The van der Waals surface area contributed by atoms with Gasteiger partial charge in [0.1, 0.15) is 0 Å². The van der Waals surface area contributed by atoms with E-state index in [1.807, 2.05) is 0 Å². The van der Waals surface area contributed by atoms with Gasteiger partial charge in [-0.2, -0.15) is 0 Å². The van der Waals surface area contributed by atoms with Crippen LogP contribution in [0.1, 0.15) is 0 Å². The van der Waals surface area contributed by atoms with Crippen molar-refractivity contribution in [1.82, 2.24) is 0 Å². The Balaban J connectivity index is 1.02. The summed E-state index contributed by atoms with van der Waals surface area (Å²) in [5.74, 6) is 0. The van der Waals surface area contributed by atoms with Gasteiger partial charge in [-0.05, 0) is 136 Å². The van der Waals surface area contributed by atoms with E-state index in [1.54, 1.807) is 0 Å². The van der Waals surface area contributed by atoms with Crippen LogP contribution in [0.3, 0.4) is 0 Å². The van der Waals surface area contributed by atoms with E-state index in [9.17, 15) is 0 Å². The minimum Gasteiger partial charge on any atom is -0.311 e. The van der Waals surface area contributed by atoms with Crippen molar-refractivity contribution in [2.75, 3.05) is 9.80 Å². The fourth-order valence-corrected chi connectivity index (χ4v) is 23.0. The van der Waals surface area contributed by atoms with Crippen LogP contribution in [0.15, 0.2) is 315 Å². The molecule has 0 radical (unpaired) electrons. The van der Waals surface area contributed by atoms with Crippen LogP contribution in [0.2, 0.25) is 0 Å². The number of fused-ring (bicyclic) bond motifs is 4. The average molecular weight is 1000 g/mol. The Kier molecular flexibility index (Phi) is 11.2. The zero-order chi connectivity index (χ0) is 50.5. The van der Waals surface area contributed by atoms with Crippen molar-refractivity contribution in [2.45, 2.75) is 0 Å². The van der Waals surface area contributed by atoms with Crippen LogP contribution in [0.25, 0.3) is 33.4 Å². The Morgan fingerprint density at radius 2 is 0.395 bits per heavy atom. The maximum Gasteiger partial charge on any atom is 0.184 e. The van der Waals surface area contributed by atoms with E-state index < -0.39 is 16.1 Å². The lowest BCUT2D eigenvalue weighted by molar-refractivity contribution is 1.28. The van der Waals surface area contributed by atoms with Crippen molar-refractivity contribution < 1.29 is 0 Å². The molecule has 0 fully saturated rings. The van der Waals surface area contributed by atoms with Crippen LogP contribution in [0.4, 0.5) is 34.1 Å². The predicted molar refractivity (Wildman–Crippen MR) is 326 cm³/mol. The summed E-state index contributed by atoms with van der Waals surface area (Å²) in [5.41, 5.74) is 14.0. The second-order valence-electron chi connectivity index (χ2n) is 20.0. The second-order valence-corrected chi connectivity index (χ2v) is 27.4. The lowest BCUT2D eigenvalue weighted by Gasteiger charge is -2.45. The second kappa shape index (κ2) is 18.9. The topological polar surface area (TPSA) is 6.48 Å². The summed E-state index contributed by atoms with van der Waals surface area (Å²) in [6, 6.07) is 118. The molecule has 0 amide bonds. The van der Waals surface area contributed by atoms with Gasteiger partial charge in [-0.3, -0.25) is 0 Å². The van der Waals surface area contributed by atoms with Crippen LogP contribution in [-0.4, -0.2) is 16.1 Å². The highest BCUT2D eigenvalue weighted by molar-refractivity contribution is 7.22. The molecule has 12 aromatic carbocycles. The molecule has 2 aliphatic rings. The molecule has 0 saturated heterocycles. The Bertz CT molecular complexity index is 3610. The van der Waals surface area contributed by atoms with Crippen molar-refractivity contribution >= 4 is 91.8 Å². The lowest BCUT2D eigenvalue weighted by atomic mass is 9.94. The highest BCUT2D eigenvalue weighted by atomic mass is 28.3. The first-order chi connectivity index (χ1) is 37.7. The molecule has 2 nitrogen and oxygen atoms in total. The predicted octanol–water partition coefficient (Wildman–Crippen LogP) is 13.0. The largest absolute Gasteiger partial charge is 0.311 e. The molecule has 0 aliphatic carbocycles. The van der Waals surface area contributed by atoms with Crippen molar-refractivity contribution in [3.8, 4) is 33.4 Å². The highest BCUT2D eigenvalue weighted by Crippen LogP contribution is 2.45. The number of anilines is 6. The molecule has 0 unspecified atom stereocenters. The number of hydrogen-bond acceptors (Lipinski definition) is 2. The standard InChI is InChI=1S/C72H52N2Si2/c1-7-27-53(28-8-1)55-47-57(51-59(49-55)73-65-39-19-23-43-69(65)75(61-31-11-3-12-32-61,62-33-13-4-14-34-62)70-44-24-20-40-66(70)73)58-48-56(54-29-9-2-10-30-54)50-60(52-58)74-67-41-21-25-45-71(67)76(63-35-15-5-16-36-63,64-37-17-6-18-38-64)72-46-26-22-42-68(72)74/h1-52H. The minimum atomic E-state index is -2.83. The van der Waals surface area contributed by atoms with Gasteiger partial charge in [-0.25, -0.2) is 0 Å². The molecule has 0 bridgehead atoms. The fourth-order valence-electron chi connectivity index (χ4n) is 12.8. The molecule has 14 rings (SSSR count). The number of benzene rings is 12. The van der Waals surface area contributed by atoms with Crippen LogP contribution < -0.4 is 51.3 Å². The summed E-state index contributed by atoms with van der Waals surface area (Å²) >= 11 is 0. The molecule has 76 heavy (non-hydrogen) atoms. The maximum absolute atomic E-state index is 2.83. The summed E-state index contributed by atoms with van der Waals surface area (Å²) in [4.78, 5) is 5.10. The number of nitrogens with zero attached hydrogens (tertiary/aromatic N) is 2. The third-order valence-electron chi connectivity index (χ3n) is 15.9. The zero-order valence-corrected chi connectivity index (χ0v) is 43.9. The highest BCUT2D eigenvalue weighted by Gasteiger charge is 2.50. The van der Waals surface area contributed by atoms with E-state index in [0.717, 1.165) is 33.6 Å². The molecule has 0 spiro atoms. The molecule has 4 heteroatoms. The summed E-state index contributed by atoms with van der Waals surface area (Å²) in [6.07, 6.45) is 0. The molecule has 0 saturated carbocycles. The number of hydrogen-bond donors (Lipinski definition) is 0. The first-order valence-corrected chi connectivity index (χ1v) is 30.3. The Morgan fingerprint density at radius 3 is 0.658 bits per heavy atom. The summed E-state index contributed by atoms with van der Waals surface area (Å²) in [7, 11) is -5.67. The monoisotopic (exact) mass is 1000 g/mol. The minimum absolute atomic E-state index is 1.11. The Labute approximate surface area is 447 Å².